The Morgan fingerprint density at radius 1 is 1.00 bits per heavy atom. The zero-order valence-corrected chi connectivity index (χ0v) is 6.27. The summed E-state index contributed by atoms with van der Waals surface area (Å²) in [5.74, 6) is 0.533. The molecule has 11 heavy (non-hydrogen) atoms. The minimum absolute atomic E-state index is 0.211. The normalized spacial score (nSPS) is 47.1. The fourth-order valence-electron chi connectivity index (χ4n) is 1.82. The highest BCUT2D eigenvalue weighted by Crippen LogP contribution is 2.32. The number of fused-ring (bicyclic) bond motifs is 1. The number of hydrogen-bond donors (Lipinski definition) is 3. The van der Waals surface area contributed by atoms with Crippen molar-refractivity contribution in [1.29, 1.82) is 0 Å². The number of aliphatic hydroxyl groups excluding tert-OH is 2. The van der Waals surface area contributed by atoms with E-state index >= 15 is 0 Å². The van der Waals surface area contributed by atoms with E-state index in [4.69, 9.17) is 10.2 Å². The van der Waals surface area contributed by atoms with Crippen LogP contribution in [-0.2, 0) is 0 Å². The summed E-state index contributed by atoms with van der Waals surface area (Å²) in [6.07, 6.45) is 4.00. The second-order valence-corrected chi connectivity index (χ2v) is 3.30. The molecule has 3 nitrogen and oxygen atoms in total. The van der Waals surface area contributed by atoms with Crippen LogP contribution in [0.3, 0.4) is 0 Å². The van der Waals surface area contributed by atoms with Crippen molar-refractivity contribution in [3.05, 3.63) is 12.2 Å². The number of aliphatic hydroxyl groups is 2. The fraction of sp³-hybridized carbons (Fsp3) is 0.750. The maximum Gasteiger partial charge on any atom is 0.0509 e. The second kappa shape index (κ2) is 2.59. The average molecular weight is 155 g/mol. The third-order valence-corrected chi connectivity index (χ3v) is 2.61. The summed E-state index contributed by atoms with van der Waals surface area (Å²) in [5.41, 5.74) is 0. The summed E-state index contributed by atoms with van der Waals surface area (Å²) >= 11 is 0. The molecule has 0 saturated carbocycles. The molecule has 0 bridgehead atoms. The summed E-state index contributed by atoms with van der Waals surface area (Å²) in [4.78, 5) is 0. The van der Waals surface area contributed by atoms with E-state index in [0.717, 1.165) is 0 Å². The number of nitrogens with one attached hydrogen (secondary N) is 1. The monoisotopic (exact) mass is 155 g/mol. The van der Waals surface area contributed by atoms with E-state index in [0.29, 0.717) is 12.1 Å². The van der Waals surface area contributed by atoms with Crippen molar-refractivity contribution in [3.63, 3.8) is 0 Å². The first-order valence-electron chi connectivity index (χ1n) is 4.03. The first-order valence-corrected chi connectivity index (χ1v) is 4.03. The lowest BCUT2D eigenvalue weighted by atomic mass is 9.90. The molecule has 0 aromatic carbocycles. The number of rotatable bonds is 2. The Bertz CT molecular complexity index is 163. The first kappa shape index (κ1) is 7.28. The minimum Gasteiger partial charge on any atom is -0.396 e. The van der Waals surface area contributed by atoms with Gasteiger partial charge in [0.1, 0.15) is 0 Å². The first-order chi connectivity index (χ1) is 5.36. The van der Waals surface area contributed by atoms with Crippen LogP contribution in [0.4, 0.5) is 0 Å². The number of hydrogen-bond acceptors (Lipinski definition) is 3. The predicted octanol–water partition coefficient (Wildman–Crippen LogP) is -0.886. The van der Waals surface area contributed by atoms with E-state index in [9.17, 15) is 0 Å². The molecule has 1 saturated heterocycles. The van der Waals surface area contributed by atoms with Gasteiger partial charge in [-0.25, -0.2) is 0 Å². The van der Waals surface area contributed by atoms with Crippen LogP contribution in [0.2, 0.25) is 0 Å². The molecule has 0 amide bonds. The molecule has 4 unspecified atom stereocenters. The molecule has 0 aromatic rings. The third-order valence-electron chi connectivity index (χ3n) is 2.61. The topological polar surface area (TPSA) is 62.4 Å². The summed E-state index contributed by atoms with van der Waals surface area (Å²) in [5, 5.41) is 21.0. The molecule has 1 aliphatic carbocycles. The lowest BCUT2D eigenvalue weighted by Crippen LogP contribution is -2.23. The van der Waals surface area contributed by atoms with Gasteiger partial charge in [0.2, 0.25) is 0 Å². The Hall–Kier alpha value is -0.380. The van der Waals surface area contributed by atoms with Gasteiger partial charge in [-0.1, -0.05) is 12.2 Å². The Morgan fingerprint density at radius 2 is 1.45 bits per heavy atom. The molecule has 4 atom stereocenters. The van der Waals surface area contributed by atoms with Crippen molar-refractivity contribution in [1.82, 2.24) is 5.32 Å². The molecule has 2 rings (SSSR count). The minimum atomic E-state index is 0.211. The molecular formula is C8H13NO2. The van der Waals surface area contributed by atoms with Gasteiger partial charge in [0.25, 0.3) is 0 Å². The van der Waals surface area contributed by atoms with Crippen molar-refractivity contribution in [2.24, 2.45) is 11.8 Å². The van der Waals surface area contributed by atoms with Crippen LogP contribution in [0.25, 0.3) is 0 Å². The highest BCUT2D eigenvalue weighted by Gasteiger charge is 2.47. The van der Waals surface area contributed by atoms with Gasteiger partial charge in [0, 0.05) is 23.9 Å². The van der Waals surface area contributed by atoms with Crippen molar-refractivity contribution < 1.29 is 10.2 Å². The molecule has 0 aromatic heterocycles. The van der Waals surface area contributed by atoms with Gasteiger partial charge in [-0.2, -0.15) is 0 Å². The summed E-state index contributed by atoms with van der Waals surface area (Å²) in [7, 11) is 0. The van der Waals surface area contributed by atoms with Gasteiger partial charge >= 0.3 is 0 Å². The van der Waals surface area contributed by atoms with Crippen LogP contribution >= 0.6 is 0 Å². The quantitative estimate of drug-likeness (QED) is 0.358. The average Bonchev–Trinajstić information content (AvgIpc) is 2.81. The van der Waals surface area contributed by atoms with Crippen LogP contribution in [0.5, 0.6) is 0 Å². The second-order valence-electron chi connectivity index (χ2n) is 3.30. The Kier molecular flexibility index (Phi) is 1.71. The van der Waals surface area contributed by atoms with E-state index in [-0.39, 0.29) is 25.0 Å². The molecule has 1 aliphatic heterocycles. The SMILES string of the molecule is OCC1C=CC(CO)C2NC12. The maximum atomic E-state index is 8.89. The molecule has 0 radical (unpaired) electrons. The van der Waals surface area contributed by atoms with E-state index in [1.54, 1.807) is 0 Å². The Balaban J connectivity index is 2.04. The lowest BCUT2D eigenvalue weighted by Gasteiger charge is -2.16. The molecule has 1 fully saturated rings. The van der Waals surface area contributed by atoms with Crippen molar-refractivity contribution in [2.75, 3.05) is 13.2 Å². The molecule has 3 N–H and O–H groups in total. The van der Waals surface area contributed by atoms with Crippen LogP contribution in [-0.4, -0.2) is 35.5 Å². The van der Waals surface area contributed by atoms with Gasteiger partial charge in [-0.05, 0) is 0 Å². The molecular weight excluding hydrogens is 142 g/mol. The summed E-state index contributed by atoms with van der Waals surface area (Å²) in [6.45, 7) is 0.422. The smallest absolute Gasteiger partial charge is 0.0509 e. The Morgan fingerprint density at radius 3 is 1.82 bits per heavy atom. The highest BCUT2D eigenvalue weighted by atomic mass is 16.3. The molecule has 2 aliphatic rings. The van der Waals surface area contributed by atoms with Crippen molar-refractivity contribution in [2.45, 2.75) is 12.1 Å². The van der Waals surface area contributed by atoms with E-state index in [2.05, 4.69) is 5.32 Å². The highest BCUT2D eigenvalue weighted by molar-refractivity contribution is 5.19. The Labute approximate surface area is 65.7 Å². The van der Waals surface area contributed by atoms with Gasteiger partial charge in [-0.15, -0.1) is 0 Å². The molecule has 62 valence electrons. The molecule has 0 spiro atoms. The molecule has 1 heterocycles. The zero-order valence-electron chi connectivity index (χ0n) is 6.27. The van der Waals surface area contributed by atoms with E-state index in [1.807, 2.05) is 12.2 Å². The predicted molar refractivity (Wildman–Crippen MR) is 41.0 cm³/mol. The summed E-state index contributed by atoms with van der Waals surface area (Å²) < 4.78 is 0. The van der Waals surface area contributed by atoms with Crippen LogP contribution in [0, 0.1) is 11.8 Å². The van der Waals surface area contributed by atoms with Crippen LogP contribution in [0.15, 0.2) is 12.2 Å². The standard InChI is InChI=1S/C8H13NO2/c10-3-5-1-2-6(4-11)8-7(5)9-8/h1-2,5-11H,3-4H2. The third kappa shape index (κ3) is 1.09. The van der Waals surface area contributed by atoms with Crippen molar-refractivity contribution >= 4 is 0 Å². The van der Waals surface area contributed by atoms with Gasteiger partial charge in [0.15, 0.2) is 0 Å². The van der Waals surface area contributed by atoms with Crippen LogP contribution in [0.1, 0.15) is 0 Å². The van der Waals surface area contributed by atoms with Gasteiger partial charge in [-0.3, -0.25) is 0 Å². The molecule has 3 heteroatoms. The maximum absolute atomic E-state index is 8.89. The van der Waals surface area contributed by atoms with E-state index < -0.39 is 0 Å². The largest absolute Gasteiger partial charge is 0.396 e. The van der Waals surface area contributed by atoms with Gasteiger partial charge < -0.3 is 15.5 Å². The fourth-order valence-corrected chi connectivity index (χ4v) is 1.82. The van der Waals surface area contributed by atoms with Crippen LogP contribution < -0.4 is 5.32 Å². The van der Waals surface area contributed by atoms with E-state index in [1.165, 1.54) is 0 Å². The zero-order chi connectivity index (χ0) is 7.84. The van der Waals surface area contributed by atoms with Gasteiger partial charge in [0.05, 0.1) is 13.2 Å². The van der Waals surface area contributed by atoms with Crippen molar-refractivity contribution in [3.8, 4) is 0 Å². The lowest BCUT2D eigenvalue weighted by molar-refractivity contribution is 0.224. The summed E-state index contributed by atoms with van der Waals surface area (Å²) in [6, 6.07) is 0.837.